The SMILES string of the molecule is Cc1cc(CNC(=O)N2CCCC(Cn3ccnn3)C2)ccc1Cl. The first kappa shape index (κ1) is 16.8. The average Bonchev–Trinajstić information content (AvgIpc) is 3.09. The van der Waals surface area contributed by atoms with Crippen LogP contribution in [0.1, 0.15) is 24.0 Å². The molecule has 0 aliphatic carbocycles. The summed E-state index contributed by atoms with van der Waals surface area (Å²) in [6.07, 6.45) is 5.68. The molecule has 1 fully saturated rings. The molecule has 1 aromatic heterocycles. The van der Waals surface area contributed by atoms with Gasteiger partial charge in [-0.15, -0.1) is 5.10 Å². The minimum atomic E-state index is -0.00843. The molecule has 2 heterocycles. The highest BCUT2D eigenvalue weighted by atomic mass is 35.5. The van der Waals surface area contributed by atoms with Gasteiger partial charge in [0.1, 0.15) is 0 Å². The molecule has 24 heavy (non-hydrogen) atoms. The van der Waals surface area contributed by atoms with Gasteiger partial charge in [-0.2, -0.15) is 0 Å². The van der Waals surface area contributed by atoms with Crippen LogP contribution in [0.25, 0.3) is 0 Å². The van der Waals surface area contributed by atoms with Crippen LogP contribution >= 0.6 is 11.6 Å². The Morgan fingerprint density at radius 1 is 1.46 bits per heavy atom. The maximum absolute atomic E-state index is 12.4. The van der Waals surface area contributed by atoms with Gasteiger partial charge in [0.05, 0.1) is 6.20 Å². The summed E-state index contributed by atoms with van der Waals surface area (Å²) in [7, 11) is 0. The number of carbonyl (C=O) groups excluding carboxylic acids is 1. The Bertz CT molecular complexity index is 688. The standard InChI is InChI=1S/C17H22ClN5O/c1-13-9-14(4-5-16(13)18)10-19-17(24)22-7-2-3-15(11-22)12-23-8-6-20-21-23/h4-6,8-9,15H,2-3,7,10-12H2,1H3,(H,19,24). The molecule has 2 aromatic rings. The summed E-state index contributed by atoms with van der Waals surface area (Å²) in [4.78, 5) is 14.3. The smallest absolute Gasteiger partial charge is 0.317 e. The van der Waals surface area contributed by atoms with E-state index in [1.807, 2.05) is 40.9 Å². The van der Waals surface area contributed by atoms with Crippen LogP contribution in [0, 0.1) is 12.8 Å². The average molecular weight is 348 g/mol. The molecular weight excluding hydrogens is 326 g/mol. The van der Waals surface area contributed by atoms with Crippen LogP contribution in [0.4, 0.5) is 4.79 Å². The number of carbonyl (C=O) groups is 1. The normalized spacial score (nSPS) is 17.8. The monoisotopic (exact) mass is 347 g/mol. The fourth-order valence-corrected chi connectivity index (χ4v) is 3.22. The molecule has 1 aliphatic heterocycles. The summed E-state index contributed by atoms with van der Waals surface area (Å²) in [6, 6.07) is 5.81. The Kier molecular flexibility index (Phi) is 5.35. The van der Waals surface area contributed by atoms with E-state index >= 15 is 0 Å². The molecule has 1 saturated heterocycles. The Balaban J connectivity index is 1.51. The first-order valence-corrected chi connectivity index (χ1v) is 8.61. The number of halogens is 1. The second kappa shape index (κ2) is 7.66. The summed E-state index contributed by atoms with van der Waals surface area (Å²) in [6.45, 7) is 4.85. The first-order chi connectivity index (χ1) is 11.6. The summed E-state index contributed by atoms with van der Waals surface area (Å²) >= 11 is 6.03. The van der Waals surface area contributed by atoms with Crippen molar-refractivity contribution in [2.24, 2.45) is 5.92 Å². The van der Waals surface area contributed by atoms with Gasteiger partial charge in [0.25, 0.3) is 0 Å². The fraction of sp³-hybridized carbons (Fsp3) is 0.471. The summed E-state index contributed by atoms with van der Waals surface area (Å²) in [5.74, 6) is 0.420. The second-order valence-corrected chi connectivity index (χ2v) is 6.73. The van der Waals surface area contributed by atoms with Crippen LogP contribution < -0.4 is 5.32 Å². The van der Waals surface area contributed by atoms with E-state index in [0.29, 0.717) is 12.5 Å². The van der Waals surface area contributed by atoms with Gasteiger partial charge in [0.15, 0.2) is 0 Å². The molecule has 3 rings (SSSR count). The van der Waals surface area contributed by atoms with E-state index in [9.17, 15) is 4.79 Å². The van der Waals surface area contributed by atoms with Crippen molar-refractivity contribution in [1.82, 2.24) is 25.2 Å². The third-order valence-electron chi connectivity index (χ3n) is 4.39. The van der Waals surface area contributed by atoms with Crippen molar-refractivity contribution in [3.63, 3.8) is 0 Å². The van der Waals surface area contributed by atoms with Crippen LogP contribution in [0.15, 0.2) is 30.6 Å². The summed E-state index contributed by atoms with van der Waals surface area (Å²) < 4.78 is 1.84. The lowest BCUT2D eigenvalue weighted by Gasteiger charge is -2.32. The molecule has 128 valence electrons. The minimum absolute atomic E-state index is 0.00843. The number of aryl methyl sites for hydroxylation is 1. The highest BCUT2D eigenvalue weighted by Crippen LogP contribution is 2.19. The molecule has 1 aliphatic rings. The zero-order valence-corrected chi connectivity index (χ0v) is 14.5. The molecule has 2 amide bonds. The Hall–Kier alpha value is -2.08. The van der Waals surface area contributed by atoms with Gasteiger partial charge in [-0.25, -0.2) is 4.79 Å². The molecular formula is C17H22ClN5O. The van der Waals surface area contributed by atoms with Gasteiger partial charge in [0, 0.05) is 37.4 Å². The van der Waals surface area contributed by atoms with Crippen molar-refractivity contribution in [3.05, 3.63) is 46.7 Å². The molecule has 1 unspecified atom stereocenters. The largest absolute Gasteiger partial charge is 0.334 e. The number of nitrogens with one attached hydrogen (secondary N) is 1. The maximum Gasteiger partial charge on any atom is 0.317 e. The zero-order valence-electron chi connectivity index (χ0n) is 13.8. The van der Waals surface area contributed by atoms with Gasteiger partial charge in [0.2, 0.25) is 0 Å². The Labute approximate surface area is 146 Å². The number of amides is 2. The summed E-state index contributed by atoms with van der Waals surface area (Å²) in [5, 5.41) is 11.6. The number of benzene rings is 1. The highest BCUT2D eigenvalue weighted by molar-refractivity contribution is 6.31. The molecule has 0 spiro atoms. The lowest BCUT2D eigenvalue weighted by Crippen LogP contribution is -2.46. The molecule has 1 atom stereocenters. The van der Waals surface area contributed by atoms with Crippen molar-refractivity contribution < 1.29 is 4.79 Å². The predicted molar refractivity (Wildman–Crippen MR) is 92.7 cm³/mol. The number of nitrogens with zero attached hydrogens (tertiary/aromatic N) is 4. The van der Waals surface area contributed by atoms with E-state index in [2.05, 4.69) is 15.6 Å². The molecule has 1 N–H and O–H groups in total. The summed E-state index contributed by atoms with van der Waals surface area (Å²) in [5.41, 5.74) is 2.08. The number of urea groups is 1. The van der Waals surface area contributed by atoms with Crippen molar-refractivity contribution in [2.45, 2.75) is 32.9 Å². The van der Waals surface area contributed by atoms with E-state index in [4.69, 9.17) is 11.6 Å². The van der Waals surface area contributed by atoms with E-state index in [0.717, 1.165) is 48.6 Å². The van der Waals surface area contributed by atoms with Gasteiger partial charge < -0.3 is 10.2 Å². The maximum atomic E-state index is 12.4. The van der Waals surface area contributed by atoms with Crippen LogP contribution in [0.3, 0.4) is 0 Å². The Morgan fingerprint density at radius 3 is 3.08 bits per heavy atom. The molecule has 7 heteroatoms. The van der Waals surface area contributed by atoms with Gasteiger partial charge >= 0.3 is 6.03 Å². The third kappa shape index (κ3) is 4.26. The van der Waals surface area contributed by atoms with Crippen molar-refractivity contribution in [1.29, 1.82) is 0 Å². The highest BCUT2D eigenvalue weighted by Gasteiger charge is 2.24. The number of piperidine rings is 1. The van der Waals surface area contributed by atoms with E-state index in [1.54, 1.807) is 6.20 Å². The fourth-order valence-electron chi connectivity index (χ4n) is 3.10. The molecule has 0 radical (unpaired) electrons. The van der Waals surface area contributed by atoms with Crippen molar-refractivity contribution >= 4 is 17.6 Å². The van der Waals surface area contributed by atoms with Gasteiger partial charge in [-0.1, -0.05) is 28.9 Å². The first-order valence-electron chi connectivity index (χ1n) is 8.24. The number of likely N-dealkylation sites (tertiary alicyclic amines) is 1. The number of hydrogen-bond acceptors (Lipinski definition) is 3. The lowest BCUT2D eigenvalue weighted by molar-refractivity contribution is 0.157. The van der Waals surface area contributed by atoms with Crippen LogP contribution in [0.2, 0.25) is 5.02 Å². The van der Waals surface area contributed by atoms with E-state index in [-0.39, 0.29) is 6.03 Å². The number of aromatic nitrogens is 3. The minimum Gasteiger partial charge on any atom is -0.334 e. The topological polar surface area (TPSA) is 63.1 Å². The Morgan fingerprint density at radius 2 is 2.33 bits per heavy atom. The molecule has 0 bridgehead atoms. The lowest BCUT2D eigenvalue weighted by atomic mass is 9.98. The quantitative estimate of drug-likeness (QED) is 0.925. The van der Waals surface area contributed by atoms with Crippen molar-refractivity contribution in [2.75, 3.05) is 13.1 Å². The van der Waals surface area contributed by atoms with Gasteiger partial charge in [-0.05, 0) is 42.9 Å². The van der Waals surface area contributed by atoms with Gasteiger partial charge in [-0.3, -0.25) is 4.68 Å². The third-order valence-corrected chi connectivity index (χ3v) is 4.81. The molecule has 0 saturated carbocycles. The molecule has 1 aromatic carbocycles. The zero-order chi connectivity index (χ0) is 16.9. The van der Waals surface area contributed by atoms with E-state index in [1.165, 1.54) is 0 Å². The van der Waals surface area contributed by atoms with Crippen molar-refractivity contribution in [3.8, 4) is 0 Å². The second-order valence-electron chi connectivity index (χ2n) is 6.32. The van der Waals surface area contributed by atoms with Crippen LogP contribution in [-0.4, -0.2) is 39.0 Å². The predicted octanol–water partition coefficient (Wildman–Crippen LogP) is 2.86. The number of rotatable bonds is 4. The van der Waals surface area contributed by atoms with E-state index < -0.39 is 0 Å². The van der Waals surface area contributed by atoms with Crippen LogP contribution in [-0.2, 0) is 13.1 Å². The number of hydrogen-bond donors (Lipinski definition) is 1. The van der Waals surface area contributed by atoms with Crippen LogP contribution in [0.5, 0.6) is 0 Å². The molecule has 6 nitrogen and oxygen atoms in total.